The van der Waals surface area contributed by atoms with Crippen molar-refractivity contribution in [3.8, 4) is 0 Å². The summed E-state index contributed by atoms with van der Waals surface area (Å²) in [6, 6.07) is 6.21. The molecule has 0 N–H and O–H groups in total. The number of piperazine rings is 1. The molecule has 1 aromatic carbocycles. The Morgan fingerprint density at radius 1 is 1.10 bits per heavy atom. The van der Waals surface area contributed by atoms with E-state index in [-0.39, 0.29) is 0 Å². The molecule has 4 rings (SSSR count). The van der Waals surface area contributed by atoms with E-state index in [1.807, 2.05) is 17.9 Å². The number of alkyl halides is 3. The van der Waals surface area contributed by atoms with E-state index in [0.717, 1.165) is 51.9 Å². The predicted octanol–water partition coefficient (Wildman–Crippen LogP) is 3.53. The van der Waals surface area contributed by atoms with Crippen LogP contribution in [-0.2, 0) is 19.8 Å². The van der Waals surface area contributed by atoms with Gasteiger partial charge in [0.1, 0.15) is 0 Å². The number of hydrogen-bond acceptors (Lipinski definition) is 4. The maximum Gasteiger partial charge on any atom is 0.416 e. The summed E-state index contributed by atoms with van der Waals surface area (Å²) in [7, 11) is 1.97. The smallest absolute Gasteiger partial charge is 0.369 e. The first-order valence-corrected chi connectivity index (χ1v) is 10.7. The van der Waals surface area contributed by atoms with E-state index in [9.17, 15) is 13.2 Å². The van der Waals surface area contributed by atoms with Crippen molar-refractivity contribution in [2.45, 2.75) is 38.5 Å². The third kappa shape index (κ3) is 4.64. The fraction of sp³-hybridized carbons (Fsp3) is 0.591. The highest BCUT2D eigenvalue weighted by atomic mass is 19.4. The average Bonchev–Trinajstić information content (AvgIpc) is 3.06. The summed E-state index contributed by atoms with van der Waals surface area (Å²) in [5, 5.41) is 4.35. The highest BCUT2D eigenvalue weighted by Gasteiger charge is 2.32. The molecule has 1 atom stereocenters. The number of benzene rings is 1. The van der Waals surface area contributed by atoms with Crippen LogP contribution in [0.15, 0.2) is 30.5 Å². The van der Waals surface area contributed by atoms with Gasteiger partial charge in [0.2, 0.25) is 0 Å². The molecule has 3 heterocycles. The van der Waals surface area contributed by atoms with E-state index in [4.69, 9.17) is 0 Å². The Morgan fingerprint density at radius 3 is 2.53 bits per heavy atom. The number of rotatable bonds is 4. The van der Waals surface area contributed by atoms with Crippen LogP contribution in [0.3, 0.4) is 0 Å². The summed E-state index contributed by atoms with van der Waals surface area (Å²) >= 11 is 0. The zero-order chi connectivity index (χ0) is 21.3. The van der Waals surface area contributed by atoms with E-state index in [0.29, 0.717) is 11.7 Å². The van der Waals surface area contributed by atoms with Crippen molar-refractivity contribution in [1.82, 2.24) is 19.6 Å². The number of aromatic nitrogens is 2. The molecule has 0 saturated carbocycles. The van der Waals surface area contributed by atoms with Crippen LogP contribution in [0.1, 0.15) is 29.7 Å². The first-order valence-electron chi connectivity index (χ1n) is 10.7. The van der Waals surface area contributed by atoms with Crippen LogP contribution >= 0.6 is 0 Å². The van der Waals surface area contributed by atoms with Gasteiger partial charge in [0.25, 0.3) is 0 Å². The third-order valence-electron chi connectivity index (χ3n) is 6.58. The molecule has 2 aliphatic heterocycles. The summed E-state index contributed by atoms with van der Waals surface area (Å²) < 4.78 is 41.0. The van der Waals surface area contributed by atoms with Crippen LogP contribution in [-0.4, -0.2) is 64.9 Å². The van der Waals surface area contributed by atoms with Gasteiger partial charge >= 0.3 is 6.18 Å². The number of aryl methyl sites for hydroxylation is 1. The third-order valence-corrected chi connectivity index (χ3v) is 6.58. The van der Waals surface area contributed by atoms with E-state index < -0.39 is 11.7 Å². The van der Waals surface area contributed by atoms with Gasteiger partial charge in [-0.2, -0.15) is 18.3 Å². The van der Waals surface area contributed by atoms with Crippen LogP contribution < -0.4 is 4.90 Å². The Hall–Kier alpha value is -2.06. The lowest BCUT2D eigenvalue weighted by Gasteiger charge is -2.44. The highest BCUT2D eigenvalue weighted by molar-refractivity contribution is 5.49. The van der Waals surface area contributed by atoms with E-state index >= 15 is 0 Å². The molecule has 0 radical (unpaired) electrons. The Bertz CT molecular complexity index is 855. The van der Waals surface area contributed by atoms with Crippen molar-refractivity contribution in [2.24, 2.45) is 7.05 Å². The largest absolute Gasteiger partial charge is 0.416 e. The standard InChI is InChI=1S/C22H30F3N5/c1-17-18(14-26-27(17)2)15-28-8-4-7-21(16-28)30-11-9-29(10-12-30)20-6-3-5-19(13-20)22(23,24)25/h3,5-6,13-14,21H,4,7-12,15-16H2,1-2H3. The van der Waals surface area contributed by atoms with Crippen molar-refractivity contribution in [3.05, 3.63) is 47.3 Å². The minimum atomic E-state index is -4.30. The molecule has 5 nitrogen and oxygen atoms in total. The second-order valence-electron chi connectivity index (χ2n) is 8.48. The number of anilines is 1. The van der Waals surface area contributed by atoms with Crippen LogP contribution in [0.2, 0.25) is 0 Å². The van der Waals surface area contributed by atoms with Crippen LogP contribution in [0, 0.1) is 6.92 Å². The monoisotopic (exact) mass is 421 g/mol. The maximum absolute atomic E-state index is 13.0. The average molecular weight is 422 g/mol. The zero-order valence-corrected chi connectivity index (χ0v) is 17.7. The van der Waals surface area contributed by atoms with Crippen molar-refractivity contribution in [3.63, 3.8) is 0 Å². The molecule has 2 aliphatic rings. The molecule has 164 valence electrons. The lowest BCUT2D eigenvalue weighted by atomic mass is 10.0. The molecule has 2 saturated heterocycles. The normalized spacial score (nSPS) is 21.9. The fourth-order valence-corrected chi connectivity index (χ4v) is 4.64. The van der Waals surface area contributed by atoms with Gasteiger partial charge in [-0.3, -0.25) is 14.5 Å². The molecule has 1 unspecified atom stereocenters. The Kier molecular flexibility index (Phi) is 6.06. The van der Waals surface area contributed by atoms with E-state index in [1.54, 1.807) is 6.07 Å². The van der Waals surface area contributed by atoms with Crippen molar-refractivity contribution in [1.29, 1.82) is 0 Å². The van der Waals surface area contributed by atoms with Gasteiger partial charge in [-0.25, -0.2) is 0 Å². The van der Waals surface area contributed by atoms with Crippen molar-refractivity contribution in [2.75, 3.05) is 44.2 Å². The van der Waals surface area contributed by atoms with Crippen LogP contribution in [0.4, 0.5) is 18.9 Å². The van der Waals surface area contributed by atoms with Gasteiger partial charge in [-0.15, -0.1) is 0 Å². The lowest BCUT2D eigenvalue weighted by Crippen LogP contribution is -2.55. The molecule has 0 spiro atoms. The number of nitrogens with zero attached hydrogens (tertiary/aromatic N) is 5. The predicted molar refractivity (Wildman–Crippen MR) is 111 cm³/mol. The Balaban J connectivity index is 1.33. The maximum atomic E-state index is 13.0. The van der Waals surface area contributed by atoms with Gasteiger partial charge in [-0.1, -0.05) is 6.07 Å². The first kappa shape index (κ1) is 21.2. The van der Waals surface area contributed by atoms with Crippen LogP contribution in [0.25, 0.3) is 0 Å². The summed E-state index contributed by atoms with van der Waals surface area (Å²) in [6.07, 6.45) is 0.0344. The van der Waals surface area contributed by atoms with Crippen molar-refractivity contribution >= 4 is 5.69 Å². The van der Waals surface area contributed by atoms with Gasteiger partial charge in [0.15, 0.2) is 0 Å². The molecule has 2 fully saturated rings. The lowest BCUT2D eigenvalue weighted by molar-refractivity contribution is -0.137. The molecule has 0 aliphatic carbocycles. The SMILES string of the molecule is Cc1c(CN2CCCC(N3CCN(c4cccc(C(F)(F)F)c4)CC3)C2)cnn1C. The quantitative estimate of drug-likeness (QED) is 0.755. The molecule has 0 amide bonds. The Labute approximate surface area is 176 Å². The second-order valence-corrected chi connectivity index (χ2v) is 8.48. The minimum absolute atomic E-state index is 0.513. The topological polar surface area (TPSA) is 27.5 Å². The number of likely N-dealkylation sites (tertiary alicyclic amines) is 1. The Morgan fingerprint density at radius 2 is 1.87 bits per heavy atom. The van der Waals surface area contributed by atoms with E-state index in [1.165, 1.54) is 36.2 Å². The summed E-state index contributed by atoms with van der Waals surface area (Å²) in [4.78, 5) is 7.11. The van der Waals surface area contributed by atoms with Gasteiger partial charge in [0.05, 0.1) is 11.8 Å². The molecular weight excluding hydrogens is 391 g/mol. The van der Waals surface area contributed by atoms with Gasteiger partial charge in [-0.05, 0) is 44.5 Å². The molecular formula is C22H30F3N5. The number of halogens is 3. The fourth-order valence-electron chi connectivity index (χ4n) is 4.64. The zero-order valence-electron chi connectivity index (χ0n) is 17.7. The minimum Gasteiger partial charge on any atom is -0.369 e. The number of piperidine rings is 1. The van der Waals surface area contributed by atoms with Gasteiger partial charge < -0.3 is 4.90 Å². The second kappa shape index (κ2) is 8.59. The van der Waals surface area contributed by atoms with Gasteiger partial charge in [0, 0.05) is 69.3 Å². The molecule has 2 aromatic rings. The summed E-state index contributed by atoms with van der Waals surface area (Å²) in [5.41, 5.74) is 2.59. The molecule has 1 aromatic heterocycles. The number of hydrogen-bond donors (Lipinski definition) is 0. The van der Waals surface area contributed by atoms with Crippen molar-refractivity contribution < 1.29 is 13.2 Å². The van der Waals surface area contributed by atoms with E-state index in [2.05, 4.69) is 26.7 Å². The molecule has 8 heteroatoms. The summed E-state index contributed by atoms with van der Waals surface area (Å²) in [5.74, 6) is 0. The molecule has 0 bridgehead atoms. The molecule has 30 heavy (non-hydrogen) atoms. The first-order chi connectivity index (χ1) is 14.3. The summed E-state index contributed by atoms with van der Waals surface area (Å²) in [6.45, 7) is 8.49. The van der Waals surface area contributed by atoms with Crippen LogP contribution in [0.5, 0.6) is 0 Å². The highest BCUT2D eigenvalue weighted by Crippen LogP contribution is 2.32.